The van der Waals surface area contributed by atoms with E-state index in [1.54, 1.807) is 0 Å². The molecule has 1 aromatic heterocycles. The maximum absolute atomic E-state index is 12.4. The minimum atomic E-state index is -0.301. The molecule has 0 aliphatic carbocycles. The molecular weight excluding hydrogens is 372 g/mol. The van der Waals surface area contributed by atoms with Crippen LogP contribution in [-0.2, 0) is 16.1 Å². The summed E-state index contributed by atoms with van der Waals surface area (Å²) in [6.07, 6.45) is 0. The largest absolute Gasteiger partial charge is 0.484 e. The van der Waals surface area contributed by atoms with Gasteiger partial charge in [-0.1, -0.05) is 49.4 Å². The lowest BCUT2D eigenvalue weighted by atomic mass is 10.0. The van der Waals surface area contributed by atoms with Gasteiger partial charge in [-0.2, -0.15) is 4.99 Å². The van der Waals surface area contributed by atoms with E-state index < -0.39 is 0 Å². The average molecular weight is 399 g/mol. The van der Waals surface area contributed by atoms with Gasteiger partial charge in [-0.3, -0.25) is 4.79 Å². The number of hydrogen-bond acceptors (Lipinski definition) is 4. The van der Waals surface area contributed by atoms with E-state index in [4.69, 9.17) is 9.47 Å². The van der Waals surface area contributed by atoms with Crippen molar-refractivity contribution < 1.29 is 14.3 Å². The van der Waals surface area contributed by atoms with Gasteiger partial charge in [0.05, 0.1) is 16.8 Å². The predicted molar refractivity (Wildman–Crippen MR) is 113 cm³/mol. The van der Waals surface area contributed by atoms with Crippen LogP contribution in [0.3, 0.4) is 0 Å². The van der Waals surface area contributed by atoms with Crippen molar-refractivity contribution in [3.05, 3.63) is 58.9 Å². The molecule has 0 saturated heterocycles. The zero-order valence-electron chi connectivity index (χ0n) is 16.6. The number of amides is 1. The summed E-state index contributed by atoms with van der Waals surface area (Å²) in [5, 5.41) is 0. The Balaban J connectivity index is 1.75. The lowest BCUT2D eigenvalue weighted by molar-refractivity contribution is -0.120. The predicted octanol–water partition coefficient (Wildman–Crippen LogP) is 4.37. The Labute approximate surface area is 169 Å². The lowest BCUT2D eigenvalue weighted by Gasteiger charge is -2.07. The van der Waals surface area contributed by atoms with Crippen LogP contribution in [0, 0.1) is 0 Å². The monoisotopic (exact) mass is 398 g/mol. The highest BCUT2D eigenvalue weighted by molar-refractivity contribution is 7.16. The van der Waals surface area contributed by atoms with Gasteiger partial charge in [-0.25, -0.2) is 0 Å². The summed E-state index contributed by atoms with van der Waals surface area (Å²) >= 11 is 1.50. The number of rotatable bonds is 8. The van der Waals surface area contributed by atoms with Gasteiger partial charge in [-0.15, -0.1) is 0 Å². The molecule has 0 N–H and O–H groups in total. The number of benzene rings is 2. The highest BCUT2D eigenvalue weighted by Crippen LogP contribution is 2.19. The van der Waals surface area contributed by atoms with Crippen molar-refractivity contribution in [2.24, 2.45) is 4.99 Å². The van der Waals surface area contributed by atoms with Crippen molar-refractivity contribution in [3.63, 3.8) is 0 Å². The summed E-state index contributed by atoms with van der Waals surface area (Å²) < 4.78 is 14.2. The fraction of sp³-hybridized carbons (Fsp3) is 0.364. The summed E-state index contributed by atoms with van der Waals surface area (Å²) in [5.74, 6) is 0.837. The van der Waals surface area contributed by atoms with Crippen LogP contribution in [0.2, 0.25) is 0 Å². The molecule has 3 rings (SSSR count). The van der Waals surface area contributed by atoms with Gasteiger partial charge in [-0.05, 0) is 42.7 Å². The van der Waals surface area contributed by atoms with Crippen molar-refractivity contribution in [3.8, 4) is 5.75 Å². The molecule has 1 heterocycles. The second kappa shape index (κ2) is 9.66. The maximum Gasteiger partial charge on any atom is 0.286 e. The van der Waals surface area contributed by atoms with Crippen molar-refractivity contribution in [2.75, 3.05) is 19.8 Å². The fourth-order valence-corrected chi connectivity index (χ4v) is 3.93. The molecule has 0 radical (unpaired) electrons. The Kier molecular flexibility index (Phi) is 7.01. The van der Waals surface area contributed by atoms with Crippen molar-refractivity contribution in [1.82, 2.24) is 4.57 Å². The van der Waals surface area contributed by atoms with Gasteiger partial charge in [0.1, 0.15) is 5.75 Å². The van der Waals surface area contributed by atoms with Gasteiger partial charge < -0.3 is 14.0 Å². The topological polar surface area (TPSA) is 52.8 Å². The minimum absolute atomic E-state index is 0.0826. The molecule has 3 aromatic rings. The SMILES string of the molecule is CCOCCn1c(=NC(=O)COc2ccc(C(C)C)cc2)sc2ccccc21. The molecule has 0 spiro atoms. The van der Waals surface area contributed by atoms with Gasteiger partial charge in [0, 0.05) is 13.2 Å². The van der Waals surface area contributed by atoms with E-state index in [-0.39, 0.29) is 12.5 Å². The van der Waals surface area contributed by atoms with Gasteiger partial charge >= 0.3 is 0 Å². The van der Waals surface area contributed by atoms with Crippen LogP contribution in [0.15, 0.2) is 53.5 Å². The first kappa shape index (κ1) is 20.3. The molecule has 0 atom stereocenters. The molecule has 148 valence electrons. The van der Waals surface area contributed by atoms with Crippen molar-refractivity contribution in [1.29, 1.82) is 0 Å². The summed E-state index contributed by atoms with van der Waals surface area (Å²) in [5.41, 5.74) is 2.30. The normalized spacial score (nSPS) is 12.1. The molecule has 2 aromatic carbocycles. The Bertz CT molecular complexity index is 987. The second-order valence-corrected chi connectivity index (χ2v) is 7.73. The zero-order valence-corrected chi connectivity index (χ0v) is 17.4. The number of para-hydroxylation sites is 1. The first-order valence-electron chi connectivity index (χ1n) is 9.55. The van der Waals surface area contributed by atoms with Crippen LogP contribution < -0.4 is 9.54 Å². The number of hydrogen-bond donors (Lipinski definition) is 0. The molecule has 0 fully saturated rings. The second-order valence-electron chi connectivity index (χ2n) is 6.72. The van der Waals surface area contributed by atoms with Crippen molar-refractivity contribution >= 4 is 27.5 Å². The molecule has 5 nitrogen and oxygen atoms in total. The number of carbonyl (C=O) groups excluding carboxylic acids is 1. The van der Waals surface area contributed by atoms with Crippen molar-refractivity contribution in [2.45, 2.75) is 33.2 Å². The summed E-state index contributed by atoms with van der Waals surface area (Å²) in [4.78, 5) is 17.4. The number of ether oxygens (including phenoxy) is 2. The number of aromatic nitrogens is 1. The van der Waals surface area contributed by atoms with E-state index in [2.05, 4.69) is 18.8 Å². The standard InChI is InChI=1S/C22H26N2O3S/c1-4-26-14-13-24-19-7-5-6-8-20(19)28-22(24)23-21(25)15-27-18-11-9-17(10-12-18)16(2)3/h5-12,16H,4,13-15H2,1-3H3. The Morgan fingerprint density at radius 2 is 1.89 bits per heavy atom. The molecule has 28 heavy (non-hydrogen) atoms. The summed E-state index contributed by atoms with van der Waals surface area (Å²) in [6.45, 7) is 8.07. The molecule has 0 saturated carbocycles. The molecule has 0 unspecified atom stereocenters. The van der Waals surface area contributed by atoms with Gasteiger partial charge in [0.25, 0.3) is 5.91 Å². The highest BCUT2D eigenvalue weighted by Gasteiger charge is 2.08. The van der Waals surface area contributed by atoms with E-state index in [1.165, 1.54) is 16.9 Å². The van der Waals surface area contributed by atoms with Crippen LogP contribution in [0.25, 0.3) is 10.2 Å². The van der Waals surface area contributed by atoms with Crippen LogP contribution in [0.1, 0.15) is 32.3 Å². The van der Waals surface area contributed by atoms with E-state index in [1.807, 2.05) is 60.0 Å². The Hall–Kier alpha value is -2.44. The molecular formula is C22H26N2O3S. The zero-order chi connectivity index (χ0) is 19.9. The third-order valence-electron chi connectivity index (χ3n) is 4.38. The van der Waals surface area contributed by atoms with Crippen LogP contribution >= 0.6 is 11.3 Å². The molecule has 0 aliphatic rings. The molecule has 1 amide bonds. The van der Waals surface area contributed by atoms with Gasteiger partial charge in [0.15, 0.2) is 11.4 Å². The number of carbonyl (C=O) groups is 1. The highest BCUT2D eigenvalue weighted by atomic mass is 32.1. The maximum atomic E-state index is 12.4. The first-order chi connectivity index (χ1) is 13.6. The first-order valence-corrected chi connectivity index (χ1v) is 10.4. The van der Waals surface area contributed by atoms with E-state index in [9.17, 15) is 4.79 Å². The van der Waals surface area contributed by atoms with Crippen LogP contribution in [-0.4, -0.2) is 30.3 Å². The van der Waals surface area contributed by atoms with E-state index in [0.29, 0.717) is 36.2 Å². The van der Waals surface area contributed by atoms with Crippen LogP contribution in [0.5, 0.6) is 5.75 Å². The smallest absolute Gasteiger partial charge is 0.286 e. The third-order valence-corrected chi connectivity index (χ3v) is 5.44. The molecule has 6 heteroatoms. The van der Waals surface area contributed by atoms with E-state index >= 15 is 0 Å². The number of thiazole rings is 1. The summed E-state index contributed by atoms with van der Waals surface area (Å²) in [6, 6.07) is 15.9. The number of nitrogens with zero attached hydrogens (tertiary/aromatic N) is 2. The minimum Gasteiger partial charge on any atom is -0.484 e. The van der Waals surface area contributed by atoms with E-state index in [0.717, 1.165) is 10.2 Å². The number of fused-ring (bicyclic) bond motifs is 1. The average Bonchev–Trinajstić information content (AvgIpc) is 3.04. The quantitative estimate of drug-likeness (QED) is 0.530. The summed E-state index contributed by atoms with van der Waals surface area (Å²) in [7, 11) is 0. The Morgan fingerprint density at radius 1 is 1.14 bits per heavy atom. The third kappa shape index (κ3) is 5.09. The lowest BCUT2D eigenvalue weighted by Crippen LogP contribution is -2.21. The van der Waals surface area contributed by atoms with Gasteiger partial charge in [0.2, 0.25) is 0 Å². The fourth-order valence-electron chi connectivity index (χ4n) is 2.86. The molecule has 0 aliphatic heterocycles. The Morgan fingerprint density at radius 3 is 2.61 bits per heavy atom. The molecule has 0 bridgehead atoms. The van der Waals surface area contributed by atoms with Crippen LogP contribution in [0.4, 0.5) is 0 Å².